The van der Waals surface area contributed by atoms with E-state index in [0.29, 0.717) is 36.6 Å². The quantitative estimate of drug-likeness (QED) is 0.508. The summed E-state index contributed by atoms with van der Waals surface area (Å²) in [4.78, 5) is 29.7. The fourth-order valence-corrected chi connectivity index (χ4v) is 4.12. The van der Waals surface area contributed by atoms with Gasteiger partial charge in [0.15, 0.2) is 5.43 Å². The Kier molecular flexibility index (Phi) is 3.12. The maximum absolute atomic E-state index is 13.0. The molecule has 0 fully saturated rings. The highest BCUT2D eigenvalue weighted by molar-refractivity contribution is 9.10. The monoisotopic (exact) mass is 381 g/mol. The van der Waals surface area contributed by atoms with E-state index in [1.54, 1.807) is 24.3 Å². The standard InChI is InChI=1S/C19H12BrNO3/c1-8-7-12(20)15-16-14(10-5-3-4-6-11(10)18(15)23)13(9(2)22)19(24)21-17(8)16/h3-7,22H,1-2H3/b13-9+. The van der Waals surface area contributed by atoms with Gasteiger partial charge in [-0.3, -0.25) is 9.59 Å². The second kappa shape index (κ2) is 4.98. The third-order valence-electron chi connectivity index (χ3n) is 4.40. The molecule has 1 heterocycles. The van der Waals surface area contributed by atoms with Crippen LogP contribution in [0.2, 0.25) is 0 Å². The van der Waals surface area contributed by atoms with Crippen molar-refractivity contribution in [2.75, 3.05) is 0 Å². The Morgan fingerprint density at radius 1 is 1.12 bits per heavy atom. The van der Waals surface area contributed by atoms with E-state index < -0.39 is 5.56 Å². The lowest BCUT2D eigenvalue weighted by Crippen LogP contribution is -2.32. The lowest BCUT2D eigenvalue weighted by molar-refractivity contribution is 0.498. The average Bonchev–Trinajstić information content (AvgIpc) is 2.53. The second-order valence-electron chi connectivity index (χ2n) is 5.90. The first-order valence-electron chi connectivity index (χ1n) is 7.42. The molecule has 4 rings (SSSR count). The van der Waals surface area contributed by atoms with E-state index in [9.17, 15) is 14.7 Å². The summed E-state index contributed by atoms with van der Waals surface area (Å²) in [5.41, 5.74) is 0.698. The number of rotatable bonds is 0. The van der Waals surface area contributed by atoms with Crippen LogP contribution in [0.25, 0.3) is 27.4 Å². The first-order chi connectivity index (χ1) is 11.4. The van der Waals surface area contributed by atoms with Crippen molar-refractivity contribution in [1.82, 2.24) is 4.98 Å². The lowest BCUT2D eigenvalue weighted by Gasteiger charge is -2.09. The van der Waals surface area contributed by atoms with Crippen LogP contribution < -0.4 is 16.2 Å². The molecular formula is C19H12BrNO3. The molecule has 0 unspecified atom stereocenters. The Morgan fingerprint density at radius 2 is 1.79 bits per heavy atom. The first-order valence-corrected chi connectivity index (χ1v) is 8.22. The molecule has 0 saturated heterocycles. The molecule has 2 aliphatic rings. The van der Waals surface area contributed by atoms with E-state index in [4.69, 9.17) is 0 Å². The maximum atomic E-state index is 13.0. The van der Waals surface area contributed by atoms with Crippen LogP contribution >= 0.6 is 15.9 Å². The van der Waals surface area contributed by atoms with Crippen LogP contribution in [0.3, 0.4) is 0 Å². The minimum Gasteiger partial charge on any atom is -0.512 e. The summed E-state index contributed by atoms with van der Waals surface area (Å²) in [5, 5.41) is 13.1. The Labute approximate surface area is 144 Å². The van der Waals surface area contributed by atoms with Crippen LogP contribution in [0, 0.1) is 17.4 Å². The molecule has 0 radical (unpaired) electrons. The number of halogens is 1. The van der Waals surface area contributed by atoms with Gasteiger partial charge in [0.1, 0.15) is 5.76 Å². The zero-order valence-electron chi connectivity index (χ0n) is 13.0. The van der Waals surface area contributed by atoms with Crippen LogP contribution in [0.4, 0.5) is 0 Å². The summed E-state index contributed by atoms with van der Waals surface area (Å²) < 4.78 is 0.662. The van der Waals surface area contributed by atoms with Crippen molar-refractivity contribution >= 4 is 43.4 Å². The number of fused-ring (bicyclic) bond motifs is 2. The van der Waals surface area contributed by atoms with Crippen molar-refractivity contribution < 1.29 is 5.11 Å². The number of hydrogen-bond acceptors (Lipinski definition) is 4. The Bertz CT molecular complexity index is 1370. The van der Waals surface area contributed by atoms with Crippen LogP contribution in [-0.4, -0.2) is 10.1 Å². The molecule has 5 heteroatoms. The summed E-state index contributed by atoms with van der Waals surface area (Å²) in [7, 11) is 0. The van der Waals surface area contributed by atoms with Crippen molar-refractivity contribution in [3.63, 3.8) is 0 Å². The average molecular weight is 382 g/mol. The predicted octanol–water partition coefficient (Wildman–Crippen LogP) is 2.75. The summed E-state index contributed by atoms with van der Waals surface area (Å²) in [6.07, 6.45) is 0. The minimum absolute atomic E-state index is 0.0999. The zero-order valence-corrected chi connectivity index (χ0v) is 14.6. The maximum Gasteiger partial charge on any atom is 0.281 e. The Morgan fingerprint density at radius 3 is 2.46 bits per heavy atom. The van der Waals surface area contributed by atoms with Crippen LogP contribution in [0.1, 0.15) is 12.5 Å². The molecule has 118 valence electrons. The first kappa shape index (κ1) is 15.0. The van der Waals surface area contributed by atoms with E-state index in [1.165, 1.54) is 6.92 Å². The van der Waals surface area contributed by atoms with Gasteiger partial charge in [0, 0.05) is 25.7 Å². The van der Waals surface area contributed by atoms with Crippen molar-refractivity contribution in [1.29, 1.82) is 0 Å². The van der Waals surface area contributed by atoms with Crippen LogP contribution in [0.5, 0.6) is 0 Å². The molecule has 1 aliphatic carbocycles. The Balaban J connectivity index is 2.73. The molecule has 1 aliphatic heterocycles. The molecule has 0 atom stereocenters. The third-order valence-corrected chi connectivity index (χ3v) is 5.02. The van der Waals surface area contributed by atoms with Gasteiger partial charge in [0.25, 0.3) is 5.56 Å². The van der Waals surface area contributed by atoms with E-state index >= 15 is 0 Å². The van der Waals surface area contributed by atoms with E-state index in [2.05, 4.69) is 20.9 Å². The van der Waals surface area contributed by atoms with Gasteiger partial charge in [-0.2, -0.15) is 0 Å². The highest BCUT2D eigenvalue weighted by Gasteiger charge is 2.17. The molecule has 1 N–H and O–H groups in total. The number of aliphatic hydroxyl groups excluding tert-OH is 1. The molecule has 0 spiro atoms. The number of benzene rings is 2. The van der Waals surface area contributed by atoms with E-state index in [-0.39, 0.29) is 16.4 Å². The zero-order chi connectivity index (χ0) is 17.2. The molecule has 4 nitrogen and oxygen atoms in total. The number of hydrogen-bond donors (Lipinski definition) is 1. The highest BCUT2D eigenvalue weighted by atomic mass is 79.9. The fourth-order valence-electron chi connectivity index (χ4n) is 3.40. The molecule has 0 amide bonds. The van der Waals surface area contributed by atoms with Gasteiger partial charge in [-0.15, -0.1) is 0 Å². The van der Waals surface area contributed by atoms with Crippen molar-refractivity contribution in [2.24, 2.45) is 0 Å². The lowest BCUT2D eigenvalue weighted by atomic mass is 9.97. The summed E-state index contributed by atoms with van der Waals surface area (Å²) >= 11 is 3.47. The largest absolute Gasteiger partial charge is 0.512 e. The molecule has 0 bridgehead atoms. The van der Waals surface area contributed by atoms with Gasteiger partial charge in [0.05, 0.1) is 10.7 Å². The topological polar surface area (TPSA) is 67.3 Å². The van der Waals surface area contributed by atoms with Gasteiger partial charge >= 0.3 is 0 Å². The number of aliphatic hydroxyl groups is 1. The number of nitrogens with zero attached hydrogens (tertiary/aromatic N) is 1. The third kappa shape index (κ3) is 1.82. The van der Waals surface area contributed by atoms with Crippen molar-refractivity contribution in [3.05, 3.63) is 76.6 Å². The molecule has 0 aromatic heterocycles. The highest BCUT2D eigenvalue weighted by Crippen LogP contribution is 2.26. The fraction of sp³-hybridized carbons (Fsp3) is 0.105. The molecular weight excluding hydrogens is 370 g/mol. The van der Waals surface area contributed by atoms with Crippen LogP contribution in [0.15, 0.2) is 44.4 Å². The van der Waals surface area contributed by atoms with Crippen molar-refractivity contribution in [3.8, 4) is 0 Å². The van der Waals surface area contributed by atoms with Crippen molar-refractivity contribution in [2.45, 2.75) is 13.8 Å². The van der Waals surface area contributed by atoms with E-state index in [0.717, 1.165) is 5.56 Å². The normalized spacial score (nSPS) is 13.1. The van der Waals surface area contributed by atoms with Gasteiger partial charge in [-0.1, -0.05) is 24.3 Å². The summed E-state index contributed by atoms with van der Waals surface area (Å²) in [6, 6.07) is 8.94. The summed E-state index contributed by atoms with van der Waals surface area (Å²) in [6.45, 7) is 3.31. The summed E-state index contributed by atoms with van der Waals surface area (Å²) in [5.74, 6) is -0.0999. The van der Waals surface area contributed by atoms with Gasteiger partial charge in [-0.05, 0) is 46.8 Å². The molecule has 2 aromatic rings. The number of aromatic nitrogens is 1. The van der Waals surface area contributed by atoms with Gasteiger partial charge in [0.2, 0.25) is 0 Å². The number of aryl methyl sites for hydroxylation is 1. The molecule has 0 saturated carbocycles. The van der Waals surface area contributed by atoms with Gasteiger partial charge < -0.3 is 5.11 Å². The smallest absolute Gasteiger partial charge is 0.281 e. The minimum atomic E-state index is -0.488. The molecule has 24 heavy (non-hydrogen) atoms. The van der Waals surface area contributed by atoms with Crippen LogP contribution in [-0.2, 0) is 0 Å². The SMILES string of the molecule is C/C(O)=c1\c(=O)nc2c(C)cc(Br)c3c2=c1c1ccccc1c3=O. The Hall–Kier alpha value is -2.53. The second-order valence-corrected chi connectivity index (χ2v) is 6.76. The van der Waals surface area contributed by atoms with Gasteiger partial charge in [-0.25, -0.2) is 4.98 Å². The molecule has 2 aromatic carbocycles. The van der Waals surface area contributed by atoms with E-state index in [1.807, 2.05) is 13.0 Å². The predicted molar refractivity (Wildman–Crippen MR) is 97.6 cm³/mol.